The number of hydrogen-bond acceptors (Lipinski definition) is 3. The van der Waals surface area contributed by atoms with Crippen molar-refractivity contribution in [3.05, 3.63) is 35.9 Å². The van der Waals surface area contributed by atoms with Gasteiger partial charge in [-0.2, -0.15) is 13.2 Å². The molecule has 1 aromatic carbocycles. The molecule has 1 aromatic rings. The standard InChI is InChI=1S/C15H18F3NO3S/c1-14(7-8-23(21,22)10-14)19-13(20)9-12(15(16,17)18)11-5-3-2-4-6-11/h2-6,12H,7-10H2,1H3,(H,19,20)/t12-,14+/m1/s1. The Morgan fingerprint density at radius 1 is 1.30 bits per heavy atom. The zero-order valence-corrected chi connectivity index (χ0v) is 13.4. The second kappa shape index (κ2) is 6.14. The molecular formula is C15H18F3NO3S. The van der Waals surface area contributed by atoms with Crippen molar-refractivity contribution in [2.75, 3.05) is 11.5 Å². The lowest BCUT2D eigenvalue weighted by molar-refractivity contribution is -0.157. The van der Waals surface area contributed by atoms with Crippen molar-refractivity contribution in [1.29, 1.82) is 0 Å². The average molecular weight is 349 g/mol. The molecule has 1 fully saturated rings. The zero-order chi connectivity index (χ0) is 17.3. The second-order valence-electron chi connectivity index (χ2n) is 6.16. The fourth-order valence-electron chi connectivity index (χ4n) is 2.79. The van der Waals surface area contributed by atoms with Crippen LogP contribution in [0.5, 0.6) is 0 Å². The van der Waals surface area contributed by atoms with Gasteiger partial charge in [-0.1, -0.05) is 30.3 Å². The van der Waals surface area contributed by atoms with E-state index in [0.717, 1.165) is 0 Å². The molecule has 128 valence electrons. The number of halogens is 3. The zero-order valence-electron chi connectivity index (χ0n) is 12.6. The molecule has 1 N–H and O–H groups in total. The molecule has 0 radical (unpaired) electrons. The quantitative estimate of drug-likeness (QED) is 0.908. The molecule has 1 aliphatic heterocycles. The predicted molar refractivity (Wildman–Crippen MR) is 79.7 cm³/mol. The molecule has 0 bridgehead atoms. The van der Waals surface area contributed by atoms with E-state index >= 15 is 0 Å². The molecule has 0 saturated carbocycles. The highest BCUT2D eigenvalue weighted by Crippen LogP contribution is 2.37. The summed E-state index contributed by atoms with van der Waals surface area (Å²) in [6.45, 7) is 1.54. The van der Waals surface area contributed by atoms with E-state index in [0.29, 0.717) is 0 Å². The fraction of sp³-hybridized carbons (Fsp3) is 0.533. The molecule has 4 nitrogen and oxygen atoms in total. The first-order valence-electron chi connectivity index (χ1n) is 7.14. The van der Waals surface area contributed by atoms with Gasteiger partial charge in [-0.05, 0) is 18.9 Å². The summed E-state index contributed by atoms with van der Waals surface area (Å²) in [6.07, 6.45) is -5.10. The van der Waals surface area contributed by atoms with Crippen LogP contribution in [0.2, 0.25) is 0 Å². The molecule has 0 aromatic heterocycles. The Morgan fingerprint density at radius 2 is 1.91 bits per heavy atom. The Labute approximate surface area is 133 Å². The summed E-state index contributed by atoms with van der Waals surface area (Å²) in [4.78, 5) is 12.0. The van der Waals surface area contributed by atoms with E-state index in [-0.39, 0.29) is 23.5 Å². The van der Waals surface area contributed by atoms with Crippen molar-refractivity contribution >= 4 is 15.7 Å². The number of carbonyl (C=O) groups excluding carboxylic acids is 1. The van der Waals surface area contributed by atoms with Crippen LogP contribution in [0.1, 0.15) is 31.2 Å². The molecule has 23 heavy (non-hydrogen) atoms. The van der Waals surface area contributed by atoms with Gasteiger partial charge in [0.1, 0.15) is 0 Å². The minimum atomic E-state index is -4.55. The summed E-state index contributed by atoms with van der Waals surface area (Å²) in [6, 6.07) is 7.22. The van der Waals surface area contributed by atoms with Crippen molar-refractivity contribution in [2.45, 2.75) is 37.4 Å². The number of carbonyl (C=O) groups is 1. The molecule has 1 heterocycles. The summed E-state index contributed by atoms with van der Waals surface area (Å²) >= 11 is 0. The van der Waals surface area contributed by atoms with E-state index in [1.165, 1.54) is 24.3 Å². The maximum Gasteiger partial charge on any atom is 0.396 e. The van der Waals surface area contributed by atoms with Crippen molar-refractivity contribution in [2.24, 2.45) is 0 Å². The van der Waals surface area contributed by atoms with Crippen molar-refractivity contribution in [1.82, 2.24) is 5.32 Å². The normalized spacial score (nSPS) is 25.0. The maximum absolute atomic E-state index is 13.2. The van der Waals surface area contributed by atoms with Gasteiger partial charge in [0.2, 0.25) is 5.91 Å². The Hall–Kier alpha value is -1.57. The fourth-order valence-corrected chi connectivity index (χ4v) is 4.88. The van der Waals surface area contributed by atoms with Crippen LogP contribution in [0.15, 0.2) is 30.3 Å². The molecular weight excluding hydrogens is 331 g/mol. The second-order valence-corrected chi connectivity index (χ2v) is 8.34. The Bertz CT molecular complexity index is 673. The van der Waals surface area contributed by atoms with Crippen molar-refractivity contribution in [3.8, 4) is 0 Å². The third-order valence-corrected chi connectivity index (χ3v) is 5.83. The van der Waals surface area contributed by atoms with Crippen LogP contribution < -0.4 is 5.32 Å². The minimum Gasteiger partial charge on any atom is -0.350 e. The molecule has 0 spiro atoms. The molecule has 8 heteroatoms. The molecule has 0 unspecified atom stereocenters. The Morgan fingerprint density at radius 3 is 2.39 bits per heavy atom. The number of hydrogen-bond donors (Lipinski definition) is 1. The summed E-state index contributed by atoms with van der Waals surface area (Å²) in [7, 11) is -3.25. The van der Waals surface area contributed by atoms with Gasteiger partial charge < -0.3 is 5.32 Å². The lowest BCUT2D eigenvalue weighted by Gasteiger charge is -2.26. The van der Waals surface area contributed by atoms with E-state index in [9.17, 15) is 26.4 Å². The number of sulfone groups is 1. The van der Waals surface area contributed by atoms with Gasteiger partial charge in [-0.15, -0.1) is 0 Å². The lowest BCUT2D eigenvalue weighted by atomic mass is 9.93. The summed E-state index contributed by atoms with van der Waals surface area (Å²) in [5.41, 5.74) is -0.984. The van der Waals surface area contributed by atoms with E-state index < -0.39 is 39.8 Å². The molecule has 1 amide bonds. The van der Waals surface area contributed by atoms with Crippen LogP contribution in [0.4, 0.5) is 13.2 Å². The Balaban J connectivity index is 2.10. The largest absolute Gasteiger partial charge is 0.396 e. The molecule has 2 rings (SSSR count). The van der Waals surface area contributed by atoms with E-state index in [1.807, 2.05) is 0 Å². The highest BCUT2D eigenvalue weighted by molar-refractivity contribution is 7.91. The van der Waals surface area contributed by atoms with Crippen LogP contribution in [-0.2, 0) is 14.6 Å². The van der Waals surface area contributed by atoms with E-state index in [4.69, 9.17) is 0 Å². The van der Waals surface area contributed by atoms with Gasteiger partial charge in [0.25, 0.3) is 0 Å². The van der Waals surface area contributed by atoms with Gasteiger partial charge in [0, 0.05) is 6.42 Å². The van der Waals surface area contributed by atoms with Crippen LogP contribution in [0.3, 0.4) is 0 Å². The van der Waals surface area contributed by atoms with Crippen LogP contribution in [0, 0.1) is 0 Å². The third kappa shape index (κ3) is 4.70. The smallest absolute Gasteiger partial charge is 0.350 e. The highest BCUT2D eigenvalue weighted by Gasteiger charge is 2.44. The first kappa shape index (κ1) is 17.8. The predicted octanol–water partition coefficient (Wildman–Crippen LogP) is 2.42. The molecule has 1 aliphatic rings. The van der Waals surface area contributed by atoms with Crippen molar-refractivity contribution < 1.29 is 26.4 Å². The number of amides is 1. The number of alkyl halides is 3. The monoisotopic (exact) mass is 349 g/mol. The Kier molecular flexibility index (Phi) is 4.75. The molecule has 2 atom stereocenters. The van der Waals surface area contributed by atoms with Gasteiger partial charge in [0.15, 0.2) is 9.84 Å². The van der Waals surface area contributed by atoms with Crippen molar-refractivity contribution in [3.63, 3.8) is 0 Å². The highest BCUT2D eigenvalue weighted by atomic mass is 32.2. The summed E-state index contributed by atoms with van der Waals surface area (Å²) in [5, 5.41) is 2.47. The molecule has 0 aliphatic carbocycles. The van der Waals surface area contributed by atoms with E-state index in [1.54, 1.807) is 13.0 Å². The SMILES string of the molecule is C[C@]1(NC(=O)C[C@H](c2ccccc2)C(F)(F)F)CCS(=O)(=O)C1. The average Bonchev–Trinajstić information content (AvgIpc) is 2.69. The first-order chi connectivity index (χ1) is 10.5. The van der Waals surface area contributed by atoms with Gasteiger partial charge >= 0.3 is 6.18 Å². The summed E-state index contributed by atoms with van der Waals surface area (Å²) in [5.74, 6) is -3.01. The number of benzene rings is 1. The van der Waals surface area contributed by atoms with Gasteiger partial charge in [0.05, 0.1) is 23.0 Å². The third-order valence-electron chi connectivity index (χ3n) is 3.93. The minimum absolute atomic E-state index is 0.0133. The van der Waals surface area contributed by atoms with Crippen LogP contribution in [-0.4, -0.2) is 37.5 Å². The maximum atomic E-state index is 13.2. The summed E-state index contributed by atoms with van der Waals surface area (Å²) < 4.78 is 62.7. The molecule has 1 saturated heterocycles. The topological polar surface area (TPSA) is 63.2 Å². The lowest BCUT2D eigenvalue weighted by Crippen LogP contribution is -2.47. The number of nitrogens with one attached hydrogen (secondary N) is 1. The number of rotatable bonds is 4. The van der Waals surface area contributed by atoms with Gasteiger partial charge in [-0.25, -0.2) is 8.42 Å². The van der Waals surface area contributed by atoms with Crippen LogP contribution in [0.25, 0.3) is 0 Å². The van der Waals surface area contributed by atoms with E-state index in [2.05, 4.69) is 5.32 Å². The van der Waals surface area contributed by atoms with Gasteiger partial charge in [-0.3, -0.25) is 4.79 Å². The first-order valence-corrected chi connectivity index (χ1v) is 8.96. The van der Waals surface area contributed by atoms with Crippen LogP contribution >= 0.6 is 0 Å².